The summed E-state index contributed by atoms with van der Waals surface area (Å²) in [5.74, 6) is -0.746. The molecule has 0 saturated carbocycles. The maximum absolute atomic E-state index is 11.3. The molecule has 6 heteroatoms. The standard InChI is InChI=1S/C9H13N3O3/c1-6(13)12-8(9(14)15-2)3-7-4-10-5-11-7/h4-5,8H,3H2,1-2H3,(H,10,11)(H,12,13)/t8-/m1/s1. The fourth-order valence-electron chi connectivity index (χ4n) is 1.20. The molecule has 0 aliphatic carbocycles. The van der Waals surface area contributed by atoms with Gasteiger partial charge in [-0.05, 0) is 0 Å². The molecule has 1 atom stereocenters. The molecule has 0 aliphatic heterocycles. The third-order valence-electron chi connectivity index (χ3n) is 1.84. The molecule has 2 N–H and O–H groups in total. The first-order valence-electron chi connectivity index (χ1n) is 4.45. The summed E-state index contributed by atoms with van der Waals surface area (Å²) in [6, 6.07) is -0.673. The average molecular weight is 211 g/mol. The molecule has 1 heterocycles. The maximum Gasteiger partial charge on any atom is 0.328 e. The first-order valence-corrected chi connectivity index (χ1v) is 4.45. The molecule has 0 fully saturated rings. The highest BCUT2D eigenvalue weighted by Crippen LogP contribution is 2.00. The van der Waals surface area contributed by atoms with Crippen molar-refractivity contribution in [3.8, 4) is 0 Å². The number of esters is 1. The number of nitrogens with one attached hydrogen (secondary N) is 2. The lowest BCUT2D eigenvalue weighted by Crippen LogP contribution is -2.42. The molecule has 0 aliphatic rings. The van der Waals surface area contributed by atoms with Crippen LogP contribution in [-0.2, 0) is 20.7 Å². The van der Waals surface area contributed by atoms with Crippen LogP contribution in [0.4, 0.5) is 0 Å². The van der Waals surface area contributed by atoms with Crippen molar-refractivity contribution >= 4 is 11.9 Å². The Kier molecular flexibility index (Phi) is 3.84. The van der Waals surface area contributed by atoms with Gasteiger partial charge in [-0.2, -0.15) is 0 Å². The largest absolute Gasteiger partial charge is 0.467 e. The van der Waals surface area contributed by atoms with Crippen molar-refractivity contribution in [2.45, 2.75) is 19.4 Å². The van der Waals surface area contributed by atoms with Gasteiger partial charge in [0.2, 0.25) is 5.91 Å². The number of methoxy groups -OCH3 is 1. The fourth-order valence-corrected chi connectivity index (χ4v) is 1.20. The average Bonchev–Trinajstić information content (AvgIpc) is 2.67. The number of carbonyl (C=O) groups excluding carboxylic acids is 2. The fraction of sp³-hybridized carbons (Fsp3) is 0.444. The van der Waals surface area contributed by atoms with Gasteiger partial charge in [0.25, 0.3) is 0 Å². The van der Waals surface area contributed by atoms with Crippen molar-refractivity contribution in [3.05, 3.63) is 18.2 Å². The molecular weight excluding hydrogens is 198 g/mol. The zero-order valence-electron chi connectivity index (χ0n) is 8.61. The van der Waals surface area contributed by atoms with Gasteiger partial charge in [-0.1, -0.05) is 0 Å². The predicted molar refractivity (Wildman–Crippen MR) is 51.9 cm³/mol. The van der Waals surface area contributed by atoms with Gasteiger partial charge in [0.15, 0.2) is 0 Å². The summed E-state index contributed by atoms with van der Waals surface area (Å²) >= 11 is 0. The lowest BCUT2D eigenvalue weighted by atomic mass is 10.1. The highest BCUT2D eigenvalue weighted by molar-refractivity contribution is 5.83. The summed E-state index contributed by atoms with van der Waals surface area (Å²) in [4.78, 5) is 28.8. The second kappa shape index (κ2) is 5.14. The van der Waals surface area contributed by atoms with Crippen molar-refractivity contribution in [2.75, 3.05) is 7.11 Å². The summed E-state index contributed by atoms with van der Waals surface area (Å²) in [5.41, 5.74) is 0.763. The molecule has 1 amide bonds. The highest BCUT2D eigenvalue weighted by atomic mass is 16.5. The van der Waals surface area contributed by atoms with Gasteiger partial charge in [0.1, 0.15) is 6.04 Å². The molecule has 0 radical (unpaired) electrons. The smallest absolute Gasteiger partial charge is 0.328 e. The summed E-state index contributed by atoms with van der Waals surface area (Å²) in [6.45, 7) is 1.35. The number of amides is 1. The van der Waals surface area contributed by atoms with Crippen molar-refractivity contribution < 1.29 is 14.3 Å². The molecular formula is C9H13N3O3. The lowest BCUT2D eigenvalue weighted by molar-refractivity contribution is -0.144. The molecule has 1 aromatic heterocycles. The van der Waals surface area contributed by atoms with Crippen LogP contribution < -0.4 is 5.32 Å². The van der Waals surface area contributed by atoms with E-state index in [0.717, 1.165) is 5.69 Å². The van der Waals surface area contributed by atoms with Crippen molar-refractivity contribution in [2.24, 2.45) is 0 Å². The number of nitrogens with zero attached hydrogens (tertiary/aromatic N) is 1. The van der Waals surface area contributed by atoms with Gasteiger partial charge in [0, 0.05) is 25.2 Å². The van der Waals surface area contributed by atoms with Gasteiger partial charge in [-0.15, -0.1) is 0 Å². The minimum atomic E-state index is -0.673. The van der Waals surface area contributed by atoms with Crippen molar-refractivity contribution in [1.82, 2.24) is 15.3 Å². The number of imidazole rings is 1. The van der Waals surface area contributed by atoms with Gasteiger partial charge < -0.3 is 15.0 Å². The zero-order chi connectivity index (χ0) is 11.3. The van der Waals surface area contributed by atoms with Crippen LogP contribution in [0.1, 0.15) is 12.6 Å². The van der Waals surface area contributed by atoms with Gasteiger partial charge in [-0.3, -0.25) is 4.79 Å². The van der Waals surface area contributed by atoms with Crippen LogP contribution in [0.3, 0.4) is 0 Å². The van der Waals surface area contributed by atoms with Crippen LogP contribution in [0, 0.1) is 0 Å². The first kappa shape index (κ1) is 11.2. The summed E-state index contributed by atoms with van der Waals surface area (Å²) < 4.78 is 4.57. The Morgan fingerprint density at radius 2 is 2.40 bits per heavy atom. The van der Waals surface area contributed by atoms with E-state index in [0.29, 0.717) is 6.42 Å². The van der Waals surface area contributed by atoms with E-state index in [9.17, 15) is 9.59 Å². The monoisotopic (exact) mass is 211 g/mol. The van der Waals surface area contributed by atoms with Gasteiger partial charge in [-0.25, -0.2) is 9.78 Å². The van der Waals surface area contributed by atoms with E-state index in [-0.39, 0.29) is 5.91 Å². The molecule has 0 aromatic carbocycles. The Balaban J connectivity index is 2.64. The van der Waals surface area contributed by atoms with Gasteiger partial charge in [0.05, 0.1) is 13.4 Å². The third-order valence-corrected chi connectivity index (χ3v) is 1.84. The second-order valence-electron chi connectivity index (χ2n) is 3.06. The SMILES string of the molecule is COC(=O)[C@@H](Cc1cnc[nH]1)NC(C)=O. The molecule has 0 unspecified atom stereocenters. The molecule has 82 valence electrons. The molecule has 0 spiro atoms. The number of ether oxygens (including phenoxy) is 1. The molecule has 6 nitrogen and oxygen atoms in total. The van der Waals surface area contributed by atoms with E-state index in [1.807, 2.05) is 0 Å². The quantitative estimate of drug-likeness (QED) is 0.665. The van der Waals surface area contributed by atoms with E-state index >= 15 is 0 Å². The van der Waals surface area contributed by atoms with Crippen molar-refractivity contribution in [1.29, 1.82) is 0 Å². The van der Waals surface area contributed by atoms with Crippen LogP contribution >= 0.6 is 0 Å². The molecule has 0 saturated heterocycles. The molecule has 1 aromatic rings. The number of carbonyl (C=O) groups is 2. The summed E-state index contributed by atoms with van der Waals surface area (Å²) in [7, 11) is 1.28. The van der Waals surface area contributed by atoms with Crippen LogP contribution in [0.15, 0.2) is 12.5 Å². The van der Waals surface area contributed by atoms with Crippen LogP contribution in [0.5, 0.6) is 0 Å². The molecule has 0 bridgehead atoms. The number of aromatic amines is 1. The predicted octanol–water partition coefficient (Wildman–Crippen LogP) is -0.370. The van der Waals surface area contributed by atoms with E-state index in [1.54, 1.807) is 6.20 Å². The number of hydrogen-bond acceptors (Lipinski definition) is 4. The second-order valence-corrected chi connectivity index (χ2v) is 3.06. The highest BCUT2D eigenvalue weighted by Gasteiger charge is 2.20. The van der Waals surface area contributed by atoms with Crippen LogP contribution in [0.25, 0.3) is 0 Å². The van der Waals surface area contributed by atoms with E-state index in [2.05, 4.69) is 20.0 Å². The number of H-pyrrole nitrogens is 1. The molecule has 1 rings (SSSR count). The number of aromatic nitrogens is 2. The van der Waals surface area contributed by atoms with E-state index < -0.39 is 12.0 Å². The molecule has 15 heavy (non-hydrogen) atoms. The maximum atomic E-state index is 11.3. The number of hydrogen-bond donors (Lipinski definition) is 2. The first-order chi connectivity index (χ1) is 7.13. The number of rotatable bonds is 4. The van der Waals surface area contributed by atoms with E-state index in [4.69, 9.17) is 0 Å². The third kappa shape index (κ3) is 3.41. The van der Waals surface area contributed by atoms with Crippen LogP contribution in [-0.4, -0.2) is 35.0 Å². The summed E-state index contributed by atoms with van der Waals surface area (Å²) in [5, 5.41) is 2.51. The Labute approximate surface area is 87.0 Å². The van der Waals surface area contributed by atoms with Crippen molar-refractivity contribution in [3.63, 3.8) is 0 Å². The lowest BCUT2D eigenvalue weighted by Gasteiger charge is -2.13. The Bertz CT molecular complexity index is 334. The Morgan fingerprint density at radius 3 is 2.87 bits per heavy atom. The minimum Gasteiger partial charge on any atom is -0.467 e. The summed E-state index contributed by atoms with van der Waals surface area (Å²) in [6.07, 6.45) is 3.45. The zero-order valence-corrected chi connectivity index (χ0v) is 8.61. The van der Waals surface area contributed by atoms with Gasteiger partial charge >= 0.3 is 5.97 Å². The normalized spacial score (nSPS) is 11.9. The van der Waals surface area contributed by atoms with Crippen LogP contribution in [0.2, 0.25) is 0 Å². The minimum absolute atomic E-state index is 0.273. The van der Waals surface area contributed by atoms with E-state index in [1.165, 1.54) is 20.4 Å². The Hall–Kier alpha value is -1.85. The Morgan fingerprint density at radius 1 is 1.67 bits per heavy atom. The topological polar surface area (TPSA) is 84.1 Å².